The topological polar surface area (TPSA) is 133 Å². The Bertz CT molecular complexity index is 1100. The van der Waals surface area contributed by atoms with Crippen LogP contribution < -0.4 is 5.73 Å². The van der Waals surface area contributed by atoms with Gasteiger partial charge in [-0.05, 0) is 35.4 Å². The molecule has 0 aromatic heterocycles. The number of hydrogen-bond donors (Lipinski definition) is 3. The van der Waals surface area contributed by atoms with E-state index in [4.69, 9.17) is 32.3 Å². The van der Waals surface area contributed by atoms with Gasteiger partial charge in [-0.3, -0.25) is 19.3 Å². The van der Waals surface area contributed by atoms with E-state index in [1.54, 1.807) is 11.8 Å². The van der Waals surface area contributed by atoms with E-state index in [-0.39, 0.29) is 24.9 Å². The number of nitrogens with zero attached hydrogens (tertiary/aromatic N) is 2. The van der Waals surface area contributed by atoms with Gasteiger partial charge in [-0.15, -0.1) is 0 Å². The molecule has 1 amide bonds. The van der Waals surface area contributed by atoms with Crippen molar-refractivity contribution >= 4 is 41.2 Å². The van der Waals surface area contributed by atoms with Crippen LogP contribution in [0.4, 0.5) is 0 Å². The lowest BCUT2D eigenvalue weighted by Gasteiger charge is -2.34. The zero-order chi connectivity index (χ0) is 27.5. The summed E-state index contributed by atoms with van der Waals surface area (Å²) in [6.07, 6.45) is 0.712. The van der Waals surface area contributed by atoms with Gasteiger partial charge in [-0.2, -0.15) is 0 Å². The molecule has 4 N–H and O–H groups in total. The number of hydrogen-bond acceptors (Lipinski definition) is 7. The Balaban J connectivity index is 0.000000436. The minimum absolute atomic E-state index is 0.0327. The lowest BCUT2D eigenvalue weighted by Crippen LogP contribution is -2.47. The predicted molar refractivity (Wildman–Crippen MR) is 146 cm³/mol. The molecule has 1 unspecified atom stereocenters. The van der Waals surface area contributed by atoms with Gasteiger partial charge >= 0.3 is 11.9 Å². The zero-order valence-corrected chi connectivity index (χ0v) is 22.8. The minimum atomic E-state index is -1.08. The molecule has 2 aromatic carbocycles. The summed E-state index contributed by atoms with van der Waals surface area (Å²) in [5.41, 5.74) is 7.76. The van der Waals surface area contributed by atoms with Crippen LogP contribution in [0, 0.1) is 0 Å². The minimum Gasteiger partial charge on any atom is -0.481 e. The molecule has 2 aliphatic rings. The molecule has 2 heterocycles. The Morgan fingerprint density at radius 2 is 1.55 bits per heavy atom. The molecule has 1 atom stereocenters. The van der Waals surface area contributed by atoms with Crippen molar-refractivity contribution in [3.05, 3.63) is 58.6 Å². The second kappa shape index (κ2) is 15.1. The van der Waals surface area contributed by atoms with Crippen molar-refractivity contribution in [1.82, 2.24) is 9.80 Å². The number of ether oxygens (including phenoxy) is 1. The molecule has 4 rings (SSSR count). The van der Waals surface area contributed by atoms with Crippen LogP contribution >= 0.6 is 23.4 Å². The SMILES string of the molecule is NC(=O)CCN1CCN(CCOC2Cc3cc(Cl)ccc3Sc3ccccc32)CC1.O=C(O)CCC(=O)O. The Morgan fingerprint density at radius 3 is 2.18 bits per heavy atom. The zero-order valence-electron chi connectivity index (χ0n) is 21.2. The predicted octanol–water partition coefficient (Wildman–Crippen LogP) is 3.53. The number of fused-ring (bicyclic) bond motifs is 2. The fourth-order valence-corrected chi connectivity index (χ4v) is 5.57. The average molecular weight is 564 g/mol. The van der Waals surface area contributed by atoms with E-state index in [0.717, 1.165) is 50.7 Å². The number of benzene rings is 2. The number of carboxylic acid groups (broad SMARTS) is 2. The van der Waals surface area contributed by atoms with E-state index in [9.17, 15) is 14.4 Å². The van der Waals surface area contributed by atoms with Crippen molar-refractivity contribution < 1.29 is 29.3 Å². The lowest BCUT2D eigenvalue weighted by atomic mass is 10.0. The third-order valence-electron chi connectivity index (χ3n) is 6.33. The molecular formula is C27H34ClN3O6S. The smallest absolute Gasteiger partial charge is 0.303 e. The molecular weight excluding hydrogens is 530 g/mol. The molecule has 9 nitrogen and oxygen atoms in total. The fourth-order valence-electron chi connectivity index (χ4n) is 4.27. The van der Waals surface area contributed by atoms with Crippen molar-refractivity contribution in [2.75, 3.05) is 45.9 Å². The van der Waals surface area contributed by atoms with Gasteiger partial charge in [0.25, 0.3) is 0 Å². The molecule has 38 heavy (non-hydrogen) atoms. The van der Waals surface area contributed by atoms with Crippen LogP contribution in [0.25, 0.3) is 0 Å². The first-order valence-corrected chi connectivity index (χ1v) is 13.7. The molecule has 0 saturated carbocycles. The highest BCUT2D eigenvalue weighted by Gasteiger charge is 2.24. The van der Waals surface area contributed by atoms with Crippen LogP contribution in [0.2, 0.25) is 5.02 Å². The number of carboxylic acids is 2. The largest absolute Gasteiger partial charge is 0.481 e. The van der Waals surface area contributed by atoms with E-state index in [1.807, 2.05) is 6.07 Å². The van der Waals surface area contributed by atoms with Gasteiger partial charge in [0.1, 0.15) is 0 Å². The Kier molecular flexibility index (Phi) is 11.9. The van der Waals surface area contributed by atoms with Crippen LogP contribution in [0.5, 0.6) is 0 Å². The maximum absolute atomic E-state index is 11.0. The summed E-state index contributed by atoms with van der Waals surface area (Å²) in [5.74, 6) is -2.38. The molecule has 2 aromatic rings. The van der Waals surface area contributed by atoms with Gasteiger partial charge in [0.2, 0.25) is 5.91 Å². The second-order valence-electron chi connectivity index (χ2n) is 9.14. The Labute approximate surface area is 231 Å². The molecule has 0 bridgehead atoms. The summed E-state index contributed by atoms with van der Waals surface area (Å²) >= 11 is 8.06. The first-order valence-electron chi connectivity index (χ1n) is 12.5. The number of amides is 1. The number of rotatable bonds is 10. The third-order valence-corrected chi connectivity index (χ3v) is 7.78. The summed E-state index contributed by atoms with van der Waals surface area (Å²) in [5, 5.41) is 16.6. The number of piperazine rings is 1. The number of aliphatic carboxylic acids is 2. The molecule has 0 radical (unpaired) electrons. The van der Waals surface area contributed by atoms with Crippen molar-refractivity contribution in [2.45, 2.75) is 41.6 Å². The second-order valence-corrected chi connectivity index (χ2v) is 10.7. The standard InChI is InChI=1S/C23H28ClN3O2S.C4H6O4/c24-18-5-6-21-17(15-18)16-20(19-3-1-2-4-22(19)30-21)29-14-13-27-11-9-26(10-12-27)8-7-23(25)28;5-3(6)1-2-4(7)8/h1-6,15,20H,7-14,16H2,(H2,25,28);1-2H2,(H,5,6)(H,7,8). The summed E-state index contributed by atoms with van der Waals surface area (Å²) in [6.45, 7) is 6.32. The monoisotopic (exact) mass is 563 g/mol. The highest BCUT2D eigenvalue weighted by atomic mass is 35.5. The summed E-state index contributed by atoms with van der Waals surface area (Å²) < 4.78 is 6.42. The average Bonchev–Trinajstić information content (AvgIpc) is 3.03. The van der Waals surface area contributed by atoms with Crippen molar-refractivity contribution in [2.24, 2.45) is 5.73 Å². The first-order chi connectivity index (χ1) is 18.2. The van der Waals surface area contributed by atoms with Crippen LogP contribution in [-0.2, 0) is 25.5 Å². The van der Waals surface area contributed by atoms with Crippen molar-refractivity contribution in [3.63, 3.8) is 0 Å². The van der Waals surface area contributed by atoms with E-state index in [0.29, 0.717) is 13.0 Å². The molecule has 0 spiro atoms. The van der Waals surface area contributed by atoms with E-state index in [1.165, 1.54) is 20.9 Å². The van der Waals surface area contributed by atoms with E-state index in [2.05, 4.69) is 46.2 Å². The van der Waals surface area contributed by atoms with Crippen LogP contribution in [0.15, 0.2) is 52.3 Å². The molecule has 2 aliphatic heterocycles. The normalized spacial score (nSPS) is 17.3. The number of primary amides is 1. The lowest BCUT2D eigenvalue weighted by molar-refractivity contribution is -0.143. The highest BCUT2D eigenvalue weighted by Crippen LogP contribution is 2.42. The van der Waals surface area contributed by atoms with E-state index < -0.39 is 11.9 Å². The highest BCUT2D eigenvalue weighted by molar-refractivity contribution is 7.99. The van der Waals surface area contributed by atoms with Crippen LogP contribution in [0.3, 0.4) is 0 Å². The van der Waals surface area contributed by atoms with Gasteiger partial charge in [0, 0.05) is 66.9 Å². The number of carbonyl (C=O) groups is 3. The quantitative estimate of drug-likeness (QED) is 0.397. The number of nitrogens with two attached hydrogens (primary N) is 1. The number of carbonyl (C=O) groups excluding carboxylic acids is 1. The van der Waals surface area contributed by atoms with Crippen molar-refractivity contribution in [1.29, 1.82) is 0 Å². The summed E-state index contributed by atoms with van der Waals surface area (Å²) in [4.78, 5) is 37.5. The van der Waals surface area contributed by atoms with Gasteiger partial charge in [0.15, 0.2) is 0 Å². The summed E-state index contributed by atoms with van der Waals surface area (Å²) in [7, 11) is 0. The maximum atomic E-state index is 11.0. The summed E-state index contributed by atoms with van der Waals surface area (Å²) in [6, 6.07) is 14.7. The van der Waals surface area contributed by atoms with Crippen LogP contribution in [-0.4, -0.2) is 83.7 Å². The van der Waals surface area contributed by atoms with Crippen LogP contribution in [0.1, 0.15) is 36.5 Å². The molecule has 1 saturated heterocycles. The van der Waals surface area contributed by atoms with Gasteiger partial charge < -0.3 is 25.6 Å². The maximum Gasteiger partial charge on any atom is 0.303 e. The van der Waals surface area contributed by atoms with E-state index >= 15 is 0 Å². The van der Waals surface area contributed by atoms with Gasteiger partial charge in [-0.25, -0.2) is 0 Å². The molecule has 1 fully saturated rings. The number of halogens is 1. The first kappa shape index (κ1) is 29.9. The Hall–Kier alpha value is -2.63. The molecule has 11 heteroatoms. The third kappa shape index (κ3) is 9.92. The molecule has 0 aliphatic carbocycles. The van der Waals surface area contributed by atoms with Gasteiger partial charge in [-0.1, -0.05) is 41.6 Å². The fraction of sp³-hybridized carbons (Fsp3) is 0.444. The van der Waals surface area contributed by atoms with Crippen molar-refractivity contribution in [3.8, 4) is 0 Å². The molecule has 206 valence electrons. The Morgan fingerprint density at radius 1 is 0.921 bits per heavy atom. The van der Waals surface area contributed by atoms with Gasteiger partial charge in [0.05, 0.1) is 25.6 Å².